The fraction of sp³-hybridized carbons (Fsp3) is 0.417. The first-order valence-electron chi connectivity index (χ1n) is 5.66. The first-order valence-corrected chi connectivity index (χ1v) is 5.66. The summed E-state index contributed by atoms with van der Waals surface area (Å²) < 4.78 is 31.7. The molecule has 3 N–H and O–H groups in total. The summed E-state index contributed by atoms with van der Waals surface area (Å²) in [5.74, 6) is -2.70. The lowest BCUT2D eigenvalue weighted by atomic mass is 10.2. The molecule has 0 saturated carbocycles. The number of ether oxygens (including phenoxy) is 1. The van der Waals surface area contributed by atoms with Crippen LogP contribution in [0.3, 0.4) is 0 Å². The van der Waals surface area contributed by atoms with Gasteiger partial charge in [-0.05, 0) is 24.1 Å². The highest BCUT2D eigenvalue weighted by molar-refractivity contribution is 5.77. The SMILES string of the molecule is CCCNC(=O)COc1c(F)cc(CN)cc1F. The molecule has 18 heavy (non-hydrogen) atoms. The number of hydrogen-bond donors (Lipinski definition) is 2. The van der Waals surface area contributed by atoms with Crippen LogP contribution in [0.25, 0.3) is 0 Å². The summed E-state index contributed by atoms with van der Waals surface area (Å²) in [6, 6.07) is 2.17. The zero-order valence-electron chi connectivity index (χ0n) is 10.1. The zero-order chi connectivity index (χ0) is 13.5. The van der Waals surface area contributed by atoms with Gasteiger partial charge in [-0.2, -0.15) is 0 Å². The van der Waals surface area contributed by atoms with Gasteiger partial charge in [-0.3, -0.25) is 4.79 Å². The molecule has 0 aliphatic heterocycles. The maximum atomic E-state index is 13.4. The third-order valence-corrected chi connectivity index (χ3v) is 2.21. The number of rotatable bonds is 6. The van der Waals surface area contributed by atoms with Gasteiger partial charge in [0.1, 0.15) is 0 Å². The molecule has 1 amide bonds. The summed E-state index contributed by atoms with van der Waals surface area (Å²) in [6.45, 7) is 2.01. The summed E-state index contributed by atoms with van der Waals surface area (Å²) in [5, 5.41) is 2.54. The standard InChI is InChI=1S/C12H16F2N2O2/c1-2-3-16-11(17)7-18-12-9(13)4-8(6-15)5-10(12)14/h4-5H,2-3,6-7,15H2,1H3,(H,16,17). The topological polar surface area (TPSA) is 64.3 Å². The number of amides is 1. The lowest BCUT2D eigenvalue weighted by Crippen LogP contribution is -2.29. The molecule has 0 aromatic heterocycles. The van der Waals surface area contributed by atoms with Crippen LogP contribution in [0.5, 0.6) is 5.75 Å². The van der Waals surface area contributed by atoms with Crippen LogP contribution < -0.4 is 15.8 Å². The Bertz CT molecular complexity index is 402. The van der Waals surface area contributed by atoms with Gasteiger partial charge in [-0.15, -0.1) is 0 Å². The van der Waals surface area contributed by atoms with Gasteiger partial charge in [0.15, 0.2) is 24.0 Å². The van der Waals surface area contributed by atoms with Crippen LogP contribution in [0, 0.1) is 11.6 Å². The van der Waals surface area contributed by atoms with Gasteiger partial charge in [-0.1, -0.05) is 6.92 Å². The van der Waals surface area contributed by atoms with E-state index >= 15 is 0 Å². The molecule has 1 aromatic rings. The van der Waals surface area contributed by atoms with Crippen molar-refractivity contribution < 1.29 is 18.3 Å². The van der Waals surface area contributed by atoms with Crippen LogP contribution in [0.1, 0.15) is 18.9 Å². The van der Waals surface area contributed by atoms with E-state index in [9.17, 15) is 13.6 Å². The van der Waals surface area contributed by atoms with E-state index in [-0.39, 0.29) is 6.54 Å². The van der Waals surface area contributed by atoms with Crippen LogP contribution in [-0.2, 0) is 11.3 Å². The van der Waals surface area contributed by atoms with E-state index in [1.54, 1.807) is 0 Å². The summed E-state index contributed by atoms with van der Waals surface area (Å²) in [5.41, 5.74) is 5.60. The molecule has 6 heteroatoms. The first-order chi connectivity index (χ1) is 8.58. The average Bonchev–Trinajstić information content (AvgIpc) is 2.34. The minimum Gasteiger partial charge on any atom is -0.478 e. The van der Waals surface area contributed by atoms with Gasteiger partial charge in [0.25, 0.3) is 5.91 Å². The normalized spacial score (nSPS) is 10.2. The highest BCUT2D eigenvalue weighted by Crippen LogP contribution is 2.23. The van der Waals surface area contributed by atoms with Crippen LogP contribution in [0.2, 0.25) is 0 Å². The van der Waals surface area contributed by atoms with Gasteiger partial charge >= 0.3 is 0 Å². The second kappa shape index (κ2) is 6.90. The van der Waals surface area contributed by atoms with Gasteiger partial charge < -0.3 is 15.8 Å². The molecule has 4 nitrogen and oxygen atoms in total. The summed E-state index contributed by atoms with van der Waals surface area (Å²) >= 11 is 0. The molecule has 0 aliphatic rings. The zero-order valence-corrected chi connectivity index (χ0v) is 10.1. The lowest BCUT2D eigenvalue weighted by Gasteiger charge is -2.09. The molecule has 1 aromatic carbocycles. The molecule has 0 heterocycles. The minimum atomic E-state index is -0.862. The van der Waals surface area contributed by atoms with Crippen molar-refractivity contribution in [3.05, 3.63) is 29.3 Å². The number of carbonyl (C=O) groups is 1. The number of benzene rings is 1. The minimum absolute atomic E-state index is 0.0328. The second-order valence-electron chi connectivity index (χ2n) is 3.73. The number of carbonyl (C=O) groups excluding carboxylic acids is 1. The Morgan fingerprint density at radius 1 is 1.39 bits per heavy atom. The summed E-state index contributed by atoms with van der Waals surface area (Å²) in [4.78, 5) is 11.2. The summed E-state index contributed by atoms with van der Waals surface area (Å²) in [7, 11) is 0. The van der Waals surface area contributed by atoms with Gasteiger partial charge in [0.2, 0.25) is 0 Å². The van der Waals surface area contributed by atoms with E-state index < -0.39 is 29.9 Å². The molecule has 0 aliphatic carbocycles. The van der Waals surface area contributed by atoms with Crippen molar-refractivity contribution in [3.63, 3.8) is 0 Å². The third kappa shape index (κ3) is 3.96. The molecule has 100 valence electrons. The van der Waals surface area contributed by atoms with Crippen LogP contribution >= 0.6 is 0 Å². The Kier molecular flexibility index (Phi) is 5.51. The monoisotopic (exact) mass is 258 g/mol. The molecule has 0 bridgehead atoms. The van der Waals surface area contributed by atoms with E-state index in [2.05, 4.69) is 5.32 Å². The molecule has 0 unspecified atom stereocenters. The molecule has 0 saturated heterocycles. The summed E-state index contributed by atoms with van der Waals surface area (Å²) in [6.07, 6.45) is 0.777. The maximum absolute atomic E-state index is 13.4. The predicted octanol–water partition coefficient (Wildman–Crippen LogP) is 1.33. The second-order valence-corrected chi connectivity index (χ2v) is 3.73. The van der Waals surface area contributed by atoms with E-state index in [1.165, 1.54) is 0 Å². The van der Waals surface area contributed by atoms with E-state index in [0.717, 1.165) is 18.6 Å². The van der Waals surface area contributed by atoms with Crippen molar-refractivity contribution in [2.75, 3.05) is 13.2 Å². The van der Waals surface area contributed by atoms with Gasteiger partial charge in [0.05, 0.1) is 0 Å². The predicted molar refractivity (Wildman–Crippen MR) is 63.0 cm³/mol. The van der Waals surface area contributed by atoms with Crippen LogP contribution in [0.15, 0.2) is 12.1 Å². The Morgan fingerprint density at radius 2 is 2.00 bits per heavy atom. The van der Waals surface area contributed by atoms with E-state index in [4.69, 9.17) is 10.5 Å². The van der Waals surface area contributed by atoms with Crippen LogP contribution in [-0.4, -0.2) is 19.1 Å². The largest absolute Gasteiger partial charge is 0.478 e. The molecular weight excluding hydrogens is 242 g/mol. The lowest BCUT2D eigenvalue weighted by molar-refractivity contribution is -0.123. The molecule has 0 spiro atoms. The van der Waals surface area contributed by atoms with Crippen LogP contribution in [0.4, 0.5) is 8.78 Å². The number of hydrogen-bond acceptors (Lipinski definition) is 3. The van der Waals surface area contributed by atoms with Gasteiger partial charge in [0, 0.05) is 13.1 Å². The fourth-order valence-corrected chi connectivity index (χ4v) is 1.32. The Labute approximate surface area is 104 Å². The van der Waals surface area contributed by atoms with E-state index in [1.807, 2.05) is 6.92 Å². The van der Waals surface area contributed by atoms with Crippen molar-refractivity contribution in [2.24, 2.45) is 5.73 Å². The fourth-order valence-electron chi connectivity index (χ4n) is 1.32. The smallest absolute Gasteiger partial charge is 0.257 e. The van der Waals surface area contributed by atoms with Crippen molar-refractivity contribution in [2.45, 2.75) is 19.9 Å². The molecule has 1 rings (SSSR count). The number of nitrogens with one attached hydrogen (secondary N) is 1. The maximum Gasteiger partial charge on any atom is 0.257 e. The van der Waals surface area contributed by atoms with E-state index in [0.29, 0.717) is 12.1 Å². The van der Waals surface area contributed by atoms with Crippen molar-refractivity contribution in [3.8, 4) is 5.75 Å². The first kappa shape index (κ1) is 14.4. The highest BCUT2D eigenvalue weighted by Gasteiger charge is 2.13. The Morgan fingerprint density at radius 3 is 2.50 bits per heavy atom. The Hall–Kier alpha value is -1.69. The van der Waals surface area contributed by atoms with Crippen molar-refractivity contribution >= 4 is 5.91 Å². The highest BCUT2D eigenvalue weighted by atomic mass is 19.1. The molecule has 0 radical (unpaired) electrons. The van der Waals surface area contributed by atoms with Gasteiger partial charge in [-0.25, -0.2) is 8.78 Å². The number of nitrogens with two attached hydrogens (primary N) is 1. The van der Waals surface area contributed by atoms with Crippen molar-refractivity contribution in [1.29, 1.82) is 0 Å². The molecule has 0 fully saturated rings. The molecular formula is C12H16F2N2O2. The Balaban J connectivity index is 2.65. The quantitative estimate of drug-likeness (QED) is 0.809. The third-order valence-electron chi connectivity index (χ3n) is 2.21. The average molecular weight is 258 g/mol. The molecule has 0 atom stereocenters. The van der Waals surface area contributed by atoms with Crippen molar-refractivity contribution in [1.82, 2.24) is 5.32 Å². The number of halogens is 2.